The maximum absolute atomic E-state index is 12.4. The van der Waals surface area contributed by atoms with Crippen LogP contribution >= 0.6 is 24.0 Å². The molecular weight excluding hydrogens is 375 g/mol. The summed E-state index contributed by atoms with van der Waals surface area (Å²) in [5.41, 5.74) is 5.86. The fraction of sp³-hybridized carbons (Fsp3) is 0.533. The molecule has 24 heavy (non-hydrogen) atoms. The Bertz CT molecular complexity index is 689. The Hall–Kier alpha value is -0.860. The molecule has 0 amide bonds. The summed E-state index contributed by atoms with van der Waals surface area (Å²) < 4.78 is 31.9. The molecule has 1 saturated carbocycles. The maximum atomic E-state index is 12.4. The van der Waals surface area contributed by atoms with E-state index in [1.54, 1.807) is 0 Å². The van der Waals surface area contributed by atoms with Crippen LogP contribution in [0.4, 0.5) is 0 Å². The number of hydrogen-bond acceptors (Lipinski definition) is 5. The molecule has 3 N–H and O–H groups in total. The molecule has 1 aliphatic carbocycles. The molecule has 0 spiro atoms. The van der Waals surface area contributed by atoms with Crippen LogP contribution in [0.25, 0.3) is 0 Å². The van der Waals surface area contributed by atoms with Crippen LogP contribution < -0.4 is 10.5 Å². The molecule has 0 heterocycles. The van der Waals surface area contributed by atoms with Crippen LogP contribution in [0.3, 0.4) is 0 Å². The van der Waals surface area contributed by atoms with E-state index in [-0.39, 0.29) is 34.4 Å². The number of hydrogen-bond donors (Lipinski definition) is 2. The molecule has 1 aromatic carbocycles. The minimum absolute atomic E-state index is 0. The molecule has 0 unspecified atom stereocenters. The summed E-state index contributed by atoms with van der Waals surface area (Å²) in [6, 6.07) is 3.90. The lowest BCUT2D eigenvalue weighted by Crippen LogP contribution is -2.51. The van der Waals surface area contributed by atoms with Gasteiger partial charge in [0.1, 0.15) is 0 Å². The van der Waals surface area contributed by atoms with Crippen molar-refractivity contribution in [3.05, 3.63) is 28.8 Å². The van der Waals surface area contributed by atoms with Crippen molar-refractivity contribution in [3.63, 3.8) is 0 Å². The topological polar surface area (TPSA) is 98.5 Å². The molecular formula is C15H22Cl2N2O4S. The van der Waals surface area contributed by atoms with Gasteiger partial charge in [-0.15, -0.1) is 12.4 Å². The lowest BCUT2D eigenvalue weighted by molar-refractivity contribution is 0.0601. The number of nitrogens with one attached hydrogen (secondary N) is 1. The van der Waals surface area contributed by atoms with E-state index in [1.165, 1.54) is 25.3 Å². The van der Waals surface area contributed by atoms with E-state index in [9.17, 15) is 13.2 Å². The van der Waals surface area contributed by atoms with Gasteiger partial charge < -0.3 is 10.5 Å². The highest BCUT2D eigenvalue weighted by atomic mass is 35.5. The number of sulfonamides is 1. The predicted octanol–water partition coefficient (Wildman–Crippen LogP) is 2.49. The van der Waals surface area contributed by atoms with Gasteiger partial charge in [0, 0.05) is 12.1 Å². The van der Waals surface area contributed by atoms with E-state index in [2.05, 4.69) is 9.46 Å². The Balaban J connectivity index is 0.00000288. The van der Waals surface area contributed by atoms with Crippen LogP contribution in [0, 0.1) is 0 Å². The molecule has 0 radical (unpaired) electrons. The summed E-state index contributed by atoms with van der Waals surface area (Å²) in [5.74, 6) is -0.616. The molecule has 0 saturated heterocycles. The zero-order chi connectivity index (χ0) is 17.1. The van der Waals surface area contributed by atoms with E-state index >= 15 is 0 Å². The van der Waals surface area contributed by atoms with Gasteiger partial charge in [-0.3, -0.25) is 0 Å². The first-order valence-electron chi connectivity index (χ1n) is 7.44. The number of carbonyl (C=O) groups excluding carboxylic acids is 1. The third-order valence-electron chi connectivity index (χ3n) is 4.12. The second-order valence-corrected chi connectivity index (χ2v) is 8.05. The Morgan fingerprint density at radius 3 is 2.50 bits per heavy atom. The van der Waals surface area contributed by atoms with Gasteiger partial charge in [-0.25, -0.2) is 17.9 Å². The Kier molecular flexibility index (Phi) is 7.49. The minimum atomic E-state index is -3.74. The van der Waals surface area contributed by atoms with Crippen LogP contribution in [0.1, 0.15) is 42.5 Å². The predicted molar refractivity (Wildman–Crippen MR) is 95.2 cm³/mol. The summed E-state index contributed by atoms with van der Waals surface area (Å²) in [7, 11) is -2.50. The molecule has 2 rings (SSSR count). The quantitative estimate of drug-likeness (QED) is 0.744. The van der Waals surface area contributed by atoms with Crippen molar-refractivity contribution in [1.29, 1.82) is 0 Å². The third-order valence-corrected chi connectivity index (χ3v) is 5.83. The first-order valence-corrected chi connectivity index (χ1v) is 9.30. The number of carbonyl (C=O) groups is 1. The summed E-state index contributed by atoms with van der Waals surface area (Å²) in [4.78, 5) is 11.5. The first kappa shape index (κ1) is 21.2. The third kappa shape index (κ3) is 5.07. The fourth-order valence-corrected chi connectivity index (χ4v) is 4.18. The lowest BCUT2D eigenvalue weighted by atomic mass is 9.83. The van der Waals surface area contributed by atoms with Gasteiger partial charge in [-0.1, -0.05) is 30.9 Å². The van der Waals surface area contributed by atoms with E-state index in [0.717, 1.165) is 32.1 Å². The molecule has 0 atom stereocenters. The number of ether oxygens (including phenoxy) is 1. The standard InChI is InChI=1S/C15H21ClN2O4S.ClH/c1-22-14(19)12-6-5-11(9-13(12)16)23(20,21)18-10-15(17)7-3-2-4-8-15;/h5-6,9,18H,2-4,7-8,10,17H2,1H3;1H. The van der Waals surface area contributed by atoms with E-state index < -0.39 is 21.5 Å². The van der Waals surface area contributed by atoms with Gasteiger partial charge in [-0.05, 0) is 31.0 Å². The highest BCUT2D eigenvalue weighted by molar-refractivity contribution is 7.89. The number of nitrogens with two attached hydrogens (primary N) is 1. The van der Waals surface area contributed by atoms with Crippen LogP contribution in [0.5, 0.6) is 0 Å². The molecule has 0 aliphatic heterocycles. The van der Waals surface area contributed by atoms with Crippen LogP contribution in [0.15, 0.2) is 23.1 Å². The SMILES string of the molecule is COC(=O)c1ccc(S(=O)(=O)NCC2(N)CCCCC2)cc1Cl.Cl. The second kappa shape index (κ2) is 8.49. The number of benzene rings is 1. The van der Waals surface area contributed by atoms with Gasteiger partial charge in [0.05, 0.1) is 22.6 Å². The monoisotopic (exact) mass is 396 g/mol. The van der Waals surface area contributed by atoms with Crippen molar-refractivity contribution < 1.29 is 17.9 Å². The molecule has 1 aromatic rings. The Morgan fingerprint density at radius 1 is 1.33 bits per heavy atom. The van der Waals surface area contributed by atoms with Crippen LogP contribution in [0.2, 0.25) is 5.02 Å². The minimum Gasteiger partial charge on any atom is -0.465 e. The fourth-order valence-electron chi connectivity index (χ4n) is 2.69. The van der Waals surface area contributed by atoms with Crippen molar-refractivity contribution in [2.75, 3.05) is 13.7 Å². The van der Waals surface area contributed by atoms with Gasteiger partial charge in [0.2, 0.25) is 10.0 Å². The highest BCUT2D eigenvalue weighted by Gasteiger charge is 2.29. The van der Waals surface area contributed by atoms with E-state index in [0.29, 0.717) is 0 Å². The lowest BCUT2D eigenvalue weighted by Gasteiger charge is -2.33. The molecule has 136 valence electrons. The zero-order valence-electron chi connectivity index (χ0n) is 13.4. The number of methoxy groups -OCH3 is 1. The second-order valence-electron chi connectivity index (χ2n) is 5.88. The number of halogens is 2. The number of esters is 1. The normalized spacial score (nSPS) is 17.0. The largest absolute Gasteiger partial charge is 0.465 e. The van der Waals surface area contributed by atoms with Crippen LogP contribution in [-0.2, 0) is 14.8 Å². The van der Waals surface area contributed by atoms with Gasteiger partial charge in [0.25, 0.3) is 0 Å². The van der Waals surface area contributed by atoms with Crippen LogP contribution in [-0.4, -0.2) is 33.6 Å². The molecule has 0 bridgehead atoms. The van der Waals surface area contributed by atoms with E-state index in [4.69, 9.17) is 17.3 Å². The summed E-state index contributed by atoms with van der Waals surface area (Å²) in [6.45, 7) is 0.186. The summed E-state index contributed by atoms with van der Waals surface area (Å²) in [5, 5.41) is 0.0276. The summed E-state index contributed by atoms with van der Waals surface area (Å²) in [6.07, 6.45) is 4.77. The van der Waals surface area contributed by atoms with Gasteiger partial charge >= 0.3 is 5.97 Å². The Morgan fingerprint density at radius 2 is 1.96 bits per heavy atom. The van der Waals surface area contributed by atoms with Gasteiger partial charge in [0.15, 0.2) is 0 Å². The van der Waals surface area contributed by atoms with Gasteiger partial charge in [-0.2, -0.15) is 0 Å². The smallest absolute Gasteiger partial charge is 0.339 e. The van der Waals surface area contributed by atoms with Crippen molar-refractivity contribution >= 4 is 40.0 Å². The van der Waals surface area contributed by atoms with Crippen molar-refractivity contribution in [2.45, 2.75) is 42.5 Å². The van der Waals surface area contributed by atoms with Crippen molar-refractivity contribution in [1.82, 2.24) is 4.72 Å². The molecule has 6 nitrogen and oxygen atoms in total. The highest BCUT2D eigenvalue weighted by Crippen LogP contribution is 2.26. The number of rotatable bonds is 5. The molecule has 1 fully saturated rings. The Labute approximate surface area is 153 Å². The van der Waals surface area contributed by atoms with Crippen molar-refractivity contribution in [3.8, 4) is 0 Å². The van der Waals surface area contributed by atoms with E-state index in [1.807, 2.05) is 0 Å². The van der Waals surface area contributed by atoms with Crippen molar-refractivity contribution in [2.24, 2.45) is 5.73 Å². The molecule has 1 aliphatic rings. The summed E-state index contributed by atoms with van der Waals surface area (Å²) >= 11 is 5.97. The molecule has 0 aromatic heterocycles. The maximum Gasteiger partial charge on any atom is 0.339 e. The average Bonchev–Trinajstić information content (AvgIpc) is 2.53. The zero-order valence-corrected chi connectivity index (χ0v) is 15.8. The average molecular weight is 397 g/mol. The first-order chi connectivity index (χ1) is 10.8. The molecule has 9 heteroatoms.